The third kappa shape index (κ3) is 3.64. The van der Waals surface area contributed by atoms with Crippen LogP contribution in [0.5, 0.6) is 0 Å². The molecule has 6 heteroatoms. The first-order chi connectivity index (χ1) is 9.93. The molecule has 0 amide bonds. The lowest BCUT2D eigenvalue weighted by molar-refractivity contribution is -0.137. The van der Waals surface area contributed by atoms with Gasteiger partial charge in [0.05, 0.1) is 11.6 Å². The summed E-state index contributed by atoms with van der Waals surface area (Å²) in [6.45, 7) is 2.80. The number of aryl methyl sites for hydroxylation is 1. The summed E-state index contributed by atoms with van der Waals surface area (Å²) in [5.74, 6) is 0.781. The fourth-order valence-electron chi connectivity index (χ4n) is 2.17. The number of hydrogen-bond acceptors (Lipinski definition) is 2. The van der Waals surface area contributed by atoms with Gasteiger partial charge in [-0.3, -0.25) is 0 Å². The van der Waals surface area contributed by atoms with Crippen LogP contribution in [0.15, 0.2) is 36.7 Å². The van der Waals surface area contributed by atoms with Crippen LogP contribution in [0.3, 0.4) is 0 Å². The van der Waals surface area contributed by atoms with E-state index in [1.165, 1.54) is 12.1 Å². The number of rotatable bonds is 5. The quantitative estimate of drug-likeness (QED) is 0.915. The maximum Gasteiger partial charge on any atom is 0.416 e. The first-order valence-electron chi connectivity index (χ1n) is 6.81. The molecule has 0 aliphatic rings. The average Bonchev–Trinajstić information content (AvgIpc) is 2.85. The Kier molecular flexibility index (Phi) is 4.67. The number of nitrogens with one attached hydrogen (secondary N) is 1. The maximum atomic E-state index is 12.6. The minimum absolute atomic E-state index is 0.216. The molecule has 0 fully saturated rings. The number of nitrogens with zero attached hydrogens (tertiary/aromatic N) is 2. The molecule has 1 atom stereocenters. The van der Waals surface area contributed by atoms with E-state index in [4.69, 9.17) is 0 Å². The van der Waals surface area contributed by atoms with Crippen LogP contribution in [-0.4, -0.2) is 16.1 Å². The van der Waals surface area contributed by atoms with Crippen molar-refractivity contribution in [3.8, 4) is 0 Å². The molecule has 114 valence electrons. The highest BCUT2D eigenvalue weighted by Crippen LogP contribution is 2.30. The first-order valence-corrected chi connectivity index (χ1v) is 6.81. The first kappa shape index (κ1) is 15.6. The normalized spacial score (nSPS) is 13.4. The summed E-state index contributed by atoms with van der Waals surface area (Å²) in [5.41, 5.74) is 0.131. The highest BCUT2D eigenvalue weighted by atomic mass is 19.4. The lowest BCUT2D eigenvalue weighted by Gasteiger charge is -2.19. The Labute approximate surface area is 121 Å². The highest BCUT2D eigenvalue weighted by molar-refractivity contribution is 5.30. The summed E-state index contributed by atoms with van der Waals surface area (Å²) in [7, 11) is 1.87. The van der Waals surface area contributed by atoms with Crippen LogP contribution in [0.25, 0.3) is 0 Å². The maximum absolute atomic E-state index is 12.6. The van der Waals surface area contributed by atoms with Crippen molar-refractivity contribution < 1.29 is 13.2 Å². The lowest BCUT2D eigenvalue weighted by atomic mass is 10.0. The number of aromatic nitrogens is 2. The van der Waals surface area contributed by atoms with Gasteiger partial charge in [-0.25, -0.2) is 4.98 Å². The standard InChI is InChI=1S/C15H18F3N3/c1-3-8-19-13(14-20-9-10-21(14)2)11-4-6-12(7-5-11)15(16,17)18/h4-7,9-10,13,19H,3,8H2,1-2H3. The van der Waals surface area contributed by atoms with Crippen molar-refractivity contribution in [2.24, 2.45) is 7.05 Å². The molecule has 0 aliphatic carbocycles. The van der Waals surface area contributed by atoms with E-state index in [2.05, 4.69) is 10.3 Å². The molecule has 0 bridgehead atoms. The predicted octanol–water partition coefficient (Wildman–Crippen LogP) is 3.53. The highest BCUT2D eigenvalue weighted by Gasteiger charge is 2.30. The Morgan fingerprint density at radius 3 is 2.38 bits per heavy atom. The third-order valence-corrected chi connectivity index (χ3v) is 3.29. The fraction of sp³-hybridized carbons (Fsp3) is 0.400. The molecule has 2 rings (SSSR count). The molecule has 0 saturated heterocycles. The van der Waals surface area contributed by atoms with Gasteiger partial charge in [-0.15, -0.1) is 0 Å². The summed E-state index contributed by atoms with van der Waals surface area (Å²) in [5, 5.41) is 3.32. The molecule has 1 heterocycles. The number of alkyl halides is 3. The van der Waals surface area contributed by atoms with E-state index < -0.39 is 11.7 Å². The molecular formula is C15H18F3N3. The van der Waals surface area contributed by atoms with Gasteiger partial charge in [-0.05, 0) is 30.7 Å². The summed E-state index contributed by atoms with van der Waals surface area (Å²) >= 11 is 0. The topological polar surface area (TPSA) is 29.9 Å². The molecule has 0 spiro atoms. The Morgan fingerprint density at radius 1 is 1.24 bits per heavy atom. The van der Waals surface area contributed by atoms with Gasteiger partial charge in [0.15, 0.2) is 0 Å². The van der Waals surface area contributed by atoms with Gasteiger partial charge in [0.1, 0.15) is 5.82 Å². The smallest absolute Gasteiger partial charge is 0.336 e. The zero-order valence-corrected chi connectivity index (χ0v) is 12.0. The second-order valence-electron chi connectivity index (χ2n) is 4.90. The van der Waals surface area contributed by atoms with E-state index in [1.54, 1.807) is 6.20 Å². The number of halogens is 3. The van der Waals surface area contributed by atoms with Crippen molar-refractivity contribution >= 4 is 0 Å². The second-order valence-corrected chi connectivity index (χ2v) is 4.90. The van der Waals surface area contributed by atoms with Crippen LogP contribution in [-0.2, 0) is 13.2 Å². The van der Waals surface area contributed by atoms with Gasteiger partial charge in [0.2, 0.25) is 0 Å². The van der Waals surface area contributed by atoms with Gasteiger partial charge in [-0.2, -0.15) is 13.2 Å². The van der Waals surface area contributed by atoms with E-state index >= 15 is 0 Å². The molecule has 1 N–H and O–H groups in total. The van der Waals surface area contributed by atoms with Gasteiger partial charge in [-0.1, -0.05) is 19.1 Å². The van der Waals surface area contributed by atoms with Gasteiger partial charge in [0, 0.05) is 19.4 Å². The lowest BCUT2D eigenvalue weighted by Crippen LogP contribution is -2.25. The number of hydrogen-bond donors (Lipinski definition) is 1. The summed E-state index contributed by atoms with van der Waals surface area (Å²) in [6, 6.07) is 5.01. The molecular weight excluding hydrogens is 279 g/mol. The molecule has 1 aromatic carbocycles. The number of benzene rings is 1. The van der Waals surface area contributed by atoms with Crippen molar-refractivity contribution in [1.82, 2.24) is 14.9 Å². The van der Waals surface area contributed by atoms with Crippen molar-refractivity contribution in [2.75, 3.05) is 6.54 Å². The van der Waals surface area contributed by atoms with Crippen LogP contribution in [0, 0.1) is 0 Å². The van der Waals surface area contributed by atoms with E-state index in [1.807, 2.05) is 24.7 Å². The Morgan fingerprint density at radius 2 is 1.90 bits per heavy atom. The van der Waals surface area contributed by atoms with Crippen molar-refractivity contribution in [2.45, 2.75) is 25.6 Å². The SMILES string of the molecule is CCCNC(c1ccc(C(F)(F)F)cc1)c1nccn1C. The predicted molar refractivity (Wildman–Crippen MR) is 74.8 cm³/mol. The van der Waals surface area contributed by atoms with Crippen molar-refractivity contribution in [1.29, 1.82) is 0 Å². The van der Waals surface area contributed by atoms with Crippen molar-refractivity contribution in [3.05, 3.63) is 53.6 Å². The summed E-state index contributed by atoms with van der Waals surface area (Å²) in [6.07, 6.45) is 0.121. The monoisotopic (exact) mass is 297 g/mol. The average molecular weight is 297 g/mol. The molecule has 3 nitrogen and oxygen atoms in total. The van der Waals surface area contributed by atoms with E-state index in [0.29, 0.717) is 0 Å². The largest absolute Gasteiger partial charge is 0.416 e. The Hall–Kier alpha value is -1.82. The molecule has 0 aliphatic heterocycles. The Balaban J connectivity index is 2.31. The van der Waals surface area contributed by atoms with Crippen LogP contribution >= 0.6 is 0 Å². The van der Waals surface area contributed by atoms with Crippen LogP contribution < -0.4 is 5.32 Å². The van der Waals surface area contributed by atoms with Crippen LogP contribution in [0.2, 0.25) is 0 Å². The van der Waals surface area contributed by atoms with Gasteiger partial charge < -0.3 is 9.88 Å². The molecule has 21 heavy (non-hydrogen) atoms. The molecule has 1 aromatic heterocycles. The van der Waals surface area contributed by atoms with Crippen LogP contribution in [0.1, 0.15) is 36.3 Å². The molecule has 1 unspecified atom stereocenters. The molecule has 2 aromatic rings. The van der Waals surface area contributed by atoms with Gasteiger partial charge in [0.25, 0.3) is 0 Å². The zero-order chi connectivity index (χ0) is 15.5. The molecule has 0 radical (unpaired) electrons. The van der Waals surface area contributed by atoms with Crippen molar-refractivity contribution in [3.63, 3.8) is 0 Å². The minimum atomic E-state index is -4.31. The van der Waals surface area contributed by atoms with E-state index in [0.717, 1.165) is 36.5 Å². The summed E-state index contributed by atoms with van der Waals surface area (Å²) < 4.78 is 39.8. The van der Waals surface area contributed by atoms with Gasteiger partial charge >= 0.3 is 6.18 Å². The van der Waals surface area contributed by atoms with Crippen LogP contribution in [0.4, 0.5) is 13.2 Å². The second kappa shape index (κ2) is 6.30. The van der Waals surface area contributed by atoms with E-state index in [9.17, 15) is 13.2 Å². The fourth-order valence-corrected chi connectivity index (χ4v) is 2.17. The summed E-state index contributed by atoms with van der Waals surface area (Å²) in [4.78, 5) is 4.29. The Bertz CT molecular complexity index is 573. The number of imidazole rings is 1. The molecule has 0 saturated carbocycles. The minimum Gasteiger partial charge on any atom is -0.336 e. The van der Waals surface area contributed by atoms with E-state index in [-0.39, 0.29) is 6.04 Å². The third-order valence-electron chi connectivity index (χ3n) is 3.29. The zero-order valence-electron chi connectivity index (χ0n) is 12.0.